The highest BCUT2D eigenvalue weighted by atomic mass is 32.2. The van der Waals surface area contributed by atoms with Crippen LogP contribution in [-0.2, 0) is 23.5 Å². The van der Waals surface area contributed by atoms with Crippen molar-refractivity contribution in [2.24, 2.45) is 18.0 Å². The summed E-state index contributed by atoms with van der Waals surface area (Å²) in [5.74, 6) is 2.46. The summed E-state index contributed by atoms with van der Waals surface area (Å²) in [5, 5.41) is 8.45. The van der Waals surface area contributed by atoms with Crippen LogP contribution in [0, 0.1) is 5.92 Å². The quantitative estimate of drug-likeness (QED) is 0.726. The zero-order valence-corrected chi connectivity index (χ0v) is 18.2. The van der Waals surface area contributed by atoms with Crippen molar-refractivity contribution in [1.29, 1.82) is 0 Å². The number of nitrogens with zero attached hydrogens (tertiary/aromatic N) is 3. The summed E-state index contributed by atoms with van der Waals surface area (Å²) in [6.07, 6.45) is 7.65. The van der Waals surface area contributed by atoms with Crippen LogP contribution < -0.4 is 10.0 Å². The molecular weight excluding hydrogens is 406 g/mol. The molecule has 1 saturated carbocycles. The maximum Gasteiger partial charge on any atom is 0.263 e. The molecule has 2 aromatic rings. The van der Waals surface area contributed by atoms with Crippen LogP contribution in [0.3, 0.4) is 0 Å². The van der Waals surface area contributed by atoms with E-state index < -0.39 is 10.0 Å². The molecular formula is C20H27N5O2S2. The average Bonchev–Trinajstić information content (AvgIpc) is 3.32. The zero-order chi connectivity index (χ0) is 20.3. The number of rotatable bonds is 6. The van der Waals surface area contributed by atoms with Crippen molar-refractivity contribution in [1.82, 2.24) is 14.5 Å². The van der Waals surface area contributed by atoms with Crippen molar-refractivity contribution in [2.75, 3.05) is 17.6 Å². The number of aromatic nitrogens is 2. The maximum absolute atomic E-state index is 12.5. The molecule has 2 heterocycles. The molecule has 1 aromatic heterocycles. The molecule has 1 fully saturated rings. The van der Waals surface area contributed by atoms with Crippen LogP contribution in [0.1, 0.15) is 37.8 Å². The van der Waals surface area contributed by atoms with Crippen LogP contribution in [0.5, 0.6) is 0 Å². The Kier molecular flexibility index (Phi) is 6.15. The highest BCUT2D eigenvalue weighted by Gasteiger charge is 2.19. The van der Waals surface area contributed by atoms with Crippen LogP contribution >= 0.6 is 11.8 Å². The van der Waals surface area contributed by atoms with Crippen molar-refractivity contribution < 1.29 is 8.42 Å². The van der Waals surface area contributed by atoms with Gasteiger partial charge in [0.05, 0.1) is 17.1 Å². The van der Waals surface area contributed by atoms with E-state index >= 15 is 0 Å². The minimum Gasteiger partial charge on any atom is -0.340 e. The van der Waals surface area contributed by atoms with Gasteiger partial charge in [-0.15, -0.1) is 0 Å². The molecule has 1 aliphatic carbocycles. The van der Waals surface area contributed by atoms with Crippen LogP contribution in [0.2, 0.25) is 0 Å². The lowest BCUT2D eigenvalue weighted by atomic mass is 9.86. The first kappa shape index (κ1) is 20.3. The van der Waals surface area contributed by atoms with E-state index in [1.807, 2.05) is 11.7 Å². The second-order valence-electron chi connectivity index (χ2n) is 7.64. The Morgan fingerprint density at radius 3 is 2.62 bits per heavy atom. The predicted molar refractivity (Wildman–Crippen MR) is 118 cm³/mol. The number of sulfonamides is 1. The first-order chi connectivity index (χ1) is 14.0. The molecule has 0 unspecified atom stereocenters. The lowest BCUT2D eigenvalue weighted by molar-refractivity contribution is 0.353. The van der Waals surface area contributed by atoms with Gasteiger partial charge in [0.25, 0.3) is 10.0 Å². The number of aryl methyl sites for hydroxylation is 1. The van der Waals surface area contributed by atoms with E-state index in [1.165, 1.54) is 43.9 Å². The number of amidine groups is 1. The minimum atomic E-state index is -3.60. The fourth-order valence-electron chi connectivity index (χ4n) is 3.87. The Morgan fingerprint density at radius 2 is 1.93 bits per heavy atom. The van der Waals surface area contributed by atoms with E-state index in [0.29, 0.717) is 11.7 Å². The van der Waals surface area contributed by atoms with E-state index in [2.05, 4.69) is 26.2 Å². The van der Waals surface area contributed by atoms with Gasteiger partial charge in [-0.1, -0.05) is 43.9 Å². The van der Waals surface area contributed by atoms with Gasteiger partial charge < -0.3 is 5.32 Å². The van der Waals surface area contributed by atoms with Gasteiger partial charge in [-0.25, -0.2) is 8.42 Å². The van der Waals surface area contributed by atoms with E-state index in [-0.39, 0.29) is 4.90 Å². The first-order valence-electron chi connectivity index (χ1n) is 10.1. The molecule has 4 rings (SSSR count). The standard InChI is InChI=1S/C20H27N5O2S2/c1-25-19(14-17(23-25)13-15-5-3-2-4-6-15)22-16-7-9-18(10-8-16)29(26,27)24-20-21-11-12-28-20/h7-10,14-15,22H,2-6,11-13H2,1H3,(H,21,24). The second-order valence-corrected chi connectivity index (χ2v) is 10.4. The topological polar surface area (TPSA) is 88.4 Å². The SMILES string of the molecule is Cn1nc(CC2CCCCC2)cc1Nc1ccc(S(=O)(=O)NC2=NCCS2)cc1. The number of thioether (sulfide) groups is 1. The Bertz CT molecular complexity index is 977. The van der Waals surface area contributed by atoms with Gasteiger partial charge in [0.15, 0.2) is 5.17 Å². The monoisotopic (exact) mass is 433 g/mol. The van der Waals surface area contributed by atoms with Crippen molar-refractivity contribution in [2.45, 2.75) is 43.4 Å². The van der Waals surface area contributed by atoms with Crippen molar-refractivity contribution in [3.63, 3.8) is 0 Å². The van der Waals surface area contributed by atoms with E-state index in [1.54, 1.807) is 24.3 Å². The largest absolute Gasteiger partial charge is 0.340 e. The molecule has 29 heavy (non-hydrogen) atoms. The molecule has 1 aromatic carbocycles. The highest BCUT2D eigenvalue weighted by Crippen LogP contribution is 2.28. The third-order valence-electron chi connectivity index (χ3n) is 5.40. The molecule has 2 N–H and O–H groups in total. The van der Waals surface area contributed by atoms with Gasteiger partial charge >= 0.3 is 0 Å². The molecule has 0 saturated heterocycles. The molecule has 2 aliphatic rings. The van der Waals surface area contributed by atoms with Crippen LogP contribution in [0.4, 0.5) is 11.5 Å². The number of anilines is 2. The van der Waals surface area contributed by atoms with Gasteiger partial charge in [0.2, 0.25) is 0 Å². The summed E-state index contributed by atoms with van der Waals surface area (Å²) >= 11 is 1.42. The third kappa shape index (κ3) is 5.14. The Hall–Kier alpha value is -2.00. The van der Waals surface area contributed by atoms with Crippen molar-refractivity contribution in [3.8, 4) is 0 Å². The number of aliphatic imine (C=N–C) groups is 1. The molecule has 0 atom stereocenters. The maximum atomic E-state index is 12.5. The van der Waals surface area contributed by atoms with E-state index in [9.17, 15) is 8.42 Å². The number of nitrogens with one attached hydrogen (secondary N) is 2. The molecule has 0 radical (unpaired) electrons. The molecule has 0 bridgehead atoms. The third-order valence-corrected chi connectivity index (χ3v) is 7.77. The predicted octanol–water partition coefficient (Wildman–Crippen LogP) is 3.67. The lowest BCUT2D eigenvalue weighted by Crippen LogP contribution is -2.27. The van der Waals surface area contributed by atoms with Gasteiger partial charge in [-0.2, -0.15) is 5.10 Å². The Morgan fingerprint density at radius 1 is 1.17 bits per heavy atom. The van der Waals surface area contributed by atoms with Gasteiger partial charge in [0.1, 0.15) is 5.82 Å². The normalized spacial score (nSPS) is 17.9. The molecule has 0 spiro atoms. The van der Waals surface area contributed by atoms with E-state index in [0.717, 1.165) is 35.3 Å². The summed E-state index contributed by atoms with van der Waals surface area (Å²) in [7, 11) is -1.67. The van der Waals surface area contributed by atoms with E-state index in [4.69, 9.17) is 0 Å². The number of hydrogen-bond donors (Lipinski definition) is 2. The first-order valence-corrected chi connectivity index (χ1v) is 12.6. The van der Waals surface area contributed by atoms with Gasteiger partial charge in [-0.05, 0) is 36.6 Å². The second kappa shape index (κ2) is 8.79. The zero-order valence-electron chi connectivity index (χ0n) is 16.6. The van der Waals surface area contributed by atoms with Gasteiger partial charge in [0, 0.05) is 24.6 Å². The van der Waals surface area contributed by atoms with Crippen molar-refractivity contribution in [3.05, 3.63) is 36.0 Å². The minimum absolute atomic E-state index is 0.223. The molecule has 0 amide bonds. The number of benzene rings is 1. The Balaban J connectivity index is 1.41. The molecule has 9 heteroatoms. The summed E-state index contributed by atoms with van der Waals surface area (Å²) in [4.78, 5) is 4.36. The van der Waals surface area contributed by atoms with Crippen LogP contribution in [0.15, 0.2) is 40.2 Å². The molecule has 156 valence electrons. The van der Waals surface area contributed by atoms with Gasteiger partial charge in [-0.3, -0.25) is 14.4 Å². The summed E-state index contributed by atoms with van der Waals surface area (Å²) in [5.41, 5.74) is 1.93. The highest BCUT2D eigenvalue weighted by molar-refractivity contribution is 8.15. The smallest absolute Gasteiger partial charge is 0.263 e. The Labute approximate surface area is 176 Å². The molecule has 7 nitrogen and oxygen atoms in total. The summed E-state index contributed by atoms with van der Waals surface area (Å²) < 4.78 is 29.3. The summed E-state index contributed by atoms with van der Waals surface area (Å²) in [6.45, 7) is 0.652. The summed E-state index contributed by atoms with van der Waals surface area (Å²) in [6, 6.07) is 8.84. The fourth-order valence-corrected chi connectivity index (χ4v) is 5.90. The number of hydrogen-bond acceptors (Lipinski definition) is 6. The van der Waals surface area contributed by atoms with Crippen molar-refractivity contribution >= 4 is 38.5 Å². The van der Waals surface area contributed by atoms with Crippen LogP contribution in [0.25, 0.3) is 0 Å². The van der Waals surface area contributed by atoms with Crippen LogP contribution in [-0.4, -0.2) is 35.7 Å². The fraction of sp³-hybridized carbons (Fsp3) is 0.500. The lowest BCUT2D eigenvalue weighted by Gasteiger charge is -2.20. The average molecular weight is 434 g/mol. The molecule has 1 aliphatic heterocycles.